The van der Waals surface area contributed by atoms with Crippen molar-refractivity contribution in [3.8, 4) is 62.9 Å². The van der Waals surface area contributed by atoms with E-state index in [0.717, 1.165) is 66.9 Å². The van der Waals surface area contributed by atoms with E-state index >= 15 is 0 Å². The molecule has 0 N–H and O–H groups in total. The van der Waals surface area contributed by atoms with Crippen molar-refractivity contribution in [3.05, 3.63) is 126 Å². The van der Waals surface area contributed by atoms with E-state index in [1.54, 1.807) is 11.8 Å². The Bertz CT molecular complexity index is 2290. The first-order valence-electron chi connectivity index (χ1n) is 18.0. The molecule has 0 saturated heterocycles. The highest BCUT2D eigenvalue weighted by Crippen LogP contribution is 2.54. The Kier molecular flexibility index (Phi) is 7.97. The van der Waals surface area contributed by atoms with Crippen LogP contribution in [0.1, 0.15) is 57.1 Å². The lowest BCUT2D eigenvalue weighted by Crippen LogP contribution is -2.42. The predicted octanol–water partition coefficient (Wildman–Crippen LogP) is 11.8. The van der Waals surface area contributed by atoms with Gasteiger partial charge in [0.15, 0.2) is 17.5 Å². The van der Waals surface area contributed by atoms with Gasteiger partial charge in [-0.15, -0.1) is 0 Å². The molecule has 1 aliphatic heterocycles. The fourth-order valence-corrected chi connectivity index (χ4v) is 10.1. The summed E-state index contributed by atoms with van der Waals surface area (Å²) in [5.41, 5.74) is 6.85. The average molecular weight is 683 g/mol. The van der Waals surface area contributed by atoms with Crippen LogP contribution in [0.5, 0.6) is 11.5 Å². The summed E-state index contributed by atoms with van der Waals surface area (Å²) in [7, 11) is 0. The second-order valence-corrected chi connectivity index (χ2v) is 16.0. The van der Waals surface area contributed by atoms with Gasteiger partial charge < -0.3 is 4.74 Å². The second-order valence-electron chi connectivity index (χ2n) is 14.9. The Hall–Kier alpha value is -5.25. The Balaban J connectivity index is 1.07. The van der Waals surface area contributed by atoms with E-state index in [-0.39, 0.29) is 5.41 Å². The lowest BCUT2D eigenvalue weighted by atomic mass is 9.54. The summed E-state index contributed by atoms with van der Waals surface area (Å²) in [4.78, 5) is 16.9. The summed E-state index contributed by atoms with van der Waals surface area (Å²) in [5, 5.41) is 10.4. The molecule has 2 unspecified atom stereocenters. The molecule has 4 atom stereocenters. The van der Waals surface area contributed by atoms with Gasteiger partial charge in [-0.05, 0) is 108 Å². The highest BCUT2D eigenvalue weighted by atomic mass is 32.2. The monoisotopic (exact) mass is 682 g/mol. The maximum Gasteiger partial charge on any atom is 0.164 e. The van der Waals surface area contributed by atoms with Crippen molar-refractivity contribution in [1.82, 2.24) is 15.0 Å². The van der Waals surface area contributed by atoms with Crippen LogP contribution in [0, 0.1) is 29.1 Å². The number of aromatic nitrogens is 3. The van der Waals surface area contributed by atoms with Gasteiger partial charge in [0.2, 0.25) is 0 Å². The quantitative estimate of drug-likeness (QED) is 0.180. The molecule has 3 aliphatic rings. The Morgan fingerprint density at radius 2 is 1.24 bits per heavy atom. The van der Waals surface area contributed by atoms with Gasteiger partial charge in [0, 0.05) is 16.7 Å². The van der Waals surface area contributed by atoms with Gasteiger partial charge in [-0.1, -0.05) is 104 Å². The maximum atomic E-state index is 10.4. The van der Waals surface area contributed by atoms with Crippen molar-refractivity contribution < 1.29 is 4.74 Å². The van der Waals surface area contributed by atoms with Gasteiger partial charge in [0.25, 0.3) is 0 Å². The number of nitrogens with zero attached hydrogens (tertiary/aromatic N) is 4. The number of ether oxygens (including phenoxy) is 1. The van der Waals surface area contributed by atoms with Crippen molar-refractivity contribution in [2.24, 2.45) is 17.8 Å². The number of benzene rings is 5. The lowest BCUT2D eigenvalue weighted by Gasteiger charge is -2.50. The van der Waals surface area contributed by atoms with Crippen LogP contribution >= 0.6 is 11.8 Å². The standard InChI is InChI=1S/C45H38N4OS/c1-28-20-30-21-29(2)25-45(24-28,26-30)36-16-12-31(13-17-36)37-18-14-33(22-35(37)27-46)43-47-42(32-8-4-3-5-9-32)48-44(49-43)34-15-19-39-41(23-34)51-40-11-7-6-10-38(40)50-39/h3-19,22-23,28-30H,20-21,24-26H2,1-2H3/t28-,29+,30?,45?. The fourth-order valence-electron chi connectivity index (χ4n) is 9.11. The van der Waals surface area contributed by atoms with E-state index < -0.39 is 0 Å². The van der Waals surface area contributed by atoms with Crippen LogP contribution in [0.3, 0.4) is 0 Å². The minimum Gasteiger partial charge on any atom is -0.455 e. The summed E-state index contributed by atoms with van der Waals surface area (Å²) >= 11 is 1.68. The molecule has 2 heterocycles. The van der Waals surface area contributed by atoms with Crippen LogP contribution in [0.25, 0.3) is 45.3 Å². The molecule has 0 amide bonds. The number of nitriles is 1. The predicted molar refractivity (Wildman–Crippen MR) is 204 cm³/mol. The van der Waals surface area contributed by atoms with Gasteiger partial charge >= 0.3 is 0 Å². The Morgan fingerprint density at radius 3 is 1.96 bits per heavy atom. The molecule has 2 fully saturated rings. The Morgan fingerprint density at radius 1 is 0.627 bits per heavy atom. The third-order valence-electron chi connectivity index (χ3n) is 11.0. The number of rotatable bonds is 5. The largest absolute Gasteiger partial charge is 0.455 e. The summed E-state index contributed by atoms with van der Waals surface area (Å²) < 4.78 is 6.19. The summed E-state index contributed by atoms with van der Waals surface area (Å²) in [5.74, 6) is 5.72. The molecule has 6 aromatic rings. The van der Waals surface area contributed by atoms with E-state index in [0.29, 0.717) is 23.0 Å². The summed E-state index contributed by atoms with van der Waals surface area (Å²) in [6.45, 7) is 4.87. The smallest absolute Gasteiger partial charge is 0.164 e. The average Bonchev–Trinajstić information content (AvgIpc) is 3.16. The van der Waals surface area contributed by atoms with Crippen LogP contribution in [0.2, 0.25) is 0 Å². The first-order chi connectivity index (χ1) is 24.9. The topological polar surface area (TPSA) is 71.7 Å². The minimum absolute atomic E-state index is 0.279. The van der Waals surface area contributed by atoms with E-state index in [1.807, 2.05) is 78.9 Å². The molecular weight excluding hydrogens is 645 g/mol. The molecule has 6 heteroatoms. The molecule has 51 heavy (non-hydrogen) atoms. The lowest BCUT2D eigenvalue weighted by molar-refractivity contribution is 0.0780. The molecule has 9 rings (SSSR count). The highest BCUT2D eigenvalue weighted by molar-refractivity contribution is 7.99. The van der Waals surface area contributed by atoms with Gasteiger partial charge in [-0.25, -0.2) is 15.0 Å². The molecule has 250 valence electrons. The first kappa shape index (κ1) is 31.7. The van der Waals surface area contributed by atoms with Crippen LogP contribution in [0.15, 0.2) is 125 Å². The zero-order valence-electron chi connectivity index (χ0n) is 28.8. The van der Waals surface area contributed by atoms with Crippen molar-refractivity contribution in [1.29, 1.82) is 5.26 Å². The van der Waals surface area contributed by atoms with Crippen molar-refractivity contribution in [2.45, 2.75) is 61.2 Å². The molecule has 1 aromatic heterocycles. The van der Waals surface area contributed by atoms with Gasteiger partial charge in [0.05, 0.1) is 21.4 Å². The number of fused-ring (bicyclic) bond motifs is 4. The molecule has 0 radical (unpaired) electrons. The second kappa shape index (κ2) is 12.8. The van der Waals surface area contributed by atoms with Crippen molar-refractivity contribution >= 4 is 11.8 Å². The number of hydrogen-bond acceptors (Lipinski definition) is 6. The molecular formula is C45H38N4OS. The first-order valence-corrected chi connectivity index (χ1v) is 18.8. The van der Waals surface area contributed by atoms with Crippen molar-refractivity contribution in [2.75, 3.05) is 0 Å². The van der Waals surface area contributed by atoms with Crippen LogP contribution in [-0.2, 0) is 5.41 Å². The van der Waals surface area contributed by atoms with E-state index in [4.69, 9.17) is 19.7 Å². The molecule has 2 saturated carbocycles. The molecule has 2 bridgehead atoms. The molecule has 5 aromatic carbocycles. The zero-order chi connectivity index (χ0) is 34.5. The van der Waals surface area contributed by atoms with Crippen LogP contribution in [0.4, 0.5) is 0 Å². The van der Waals surface area contributed by atoms with E-state index in [1.165, 1.54) is 37.7 Å². The maximum absolute atomic E-state index is 10.4. The number of para-hydroxylation sites is 1. The normalized spacial score (nSPS) is 21.9. The van der Waals surface area contributed by atoms with E-state index in [2.05, 4.69) is 56.3 Å². The van der Waals surface area contributed by atoms with E-state index in [9.17, 15) is 5.26 Å². The van der Waals surface area contributed by atoms with Crippen molar-refractivity contribution in [3.63, 3.8) is 0 Å². The SMILES string of the molecule is C[C@@H]1CC2C[C@H](C)CC(c3ccc(-c4ccc(-c5nc(-c6ccccc6)nc(-c6ccc7c(c6)Sc6ccccc6O7)n5)cc4C#N)cc3)(C2)C1. The van der Waals surface area contributed by atoms with Gasteiger partial charge in [-0.3, -0.25) is 0 Å². The Labute approximate surface area is 303 Å². The minimum atomic E-state index is 0.279. The van der Waals surface area contributed by atoms with Crippen LogP contribution in [-0.4, -0.2) is 15.0 Å². The summed E-state index contributed by atoms with van der Waals surface area (Å²) in [6.07, 6.45) is 6.60. The van der Waals surface area contributed by atoms with Gasteiger partial charge in [-0.2, -0.15) is 5.26 Å². The fraction of sp³-hybridized carbons (Fsp3) is 0.244. The molecule has 5 nitrogen and oxygen atoms in total. The summed E-state index contributed by atoms with van der Waals surface area (Å²) in [6, 6.07) is 41.7. The molecule has 0 spiro atoms. The number of hydrogen-bond donors (Lipinski definition) is 0. The van der Waals surface area contributed by atoms with Crippen LogP contribution < -0.4 is 4.74 Å². The van der Waals surface area contributed by atoms with Gasteiger partial charge in [0.1, 0.15) is 11.5 Å². The molecule has 2 aliphatic carbocycles. The zero-order valence-corrected chi connectivity index (χ0v) is 29.7. The third-order valence-corrected chi connectivity index (χ3v) is 12.1. The third kappa shape index (κ3) is 6.00. The highest BCUT2D eigenvalue weighted by Gasteiger charge is 2.45.